The van der Waals surface area contributed by atoms with E-state index in [1.807, 2.05) is 25.4 Å². The minimum absolute atomic E-state index is 0.255. The van der Waals surface area contributed by atoms with E-state index in [2.05, 4.69) is 16.5 Å². The number of carbonyl (C=O) groups excluding carboxylic acids is 1. The van der Waals surface area contributed by atoms with Crippen LogP contribution >= 0.6 is 0 Å². The van der Waals surface area contributed by atoms with Crippen molar-refractivity contribution in [2.24, 2.45) is 0 Å². The van der Waals surface area contributed by atoms with Gasteiger partial charge in [-0.2, -0.15) is 0 Å². The average Bonchev–Trinajstić information content (AvgIpc) is 2.97. The number of piperazine rings is 1. The van der Waals surface area contributed by atoms with Crippen LogP contribution in [0.4, 0.5) is 4.79 Å². The van der Waals surface area contributed by atoms with Gasteiger partial charge < -0.3 is 14.1 Å². The van der Waals surface area contributed by atoms with Crippen LogP contribution in [0.25, 0.3) is 11.0 Å². The molecule has 1 saturated heterocycles. The number of hydrogen-bond donors (Lipinski definition) is 0. The first kappa shape index (κ1) is 15.6. The third kappa shape index (κ3) is 3.53. The second-order valence-corrected chi connectivity index (χ2v) is 5.72. The molecule has 0 unspecified atom stereocenters. The third-order valence-corrected chi connectivity index (χ3v) is 3.99. The van der Waals surface area contributed by atoms with Gasteiger partial charge in [0.05, 0.1) is 6.54 Å². The Hall–Kier alpha value is -2.34. The van der Waals surface area contributed by atoms with E-state index < -0.39 is 0 Å². The van der Waals surface area contributed by atoms with E-state index >= 15 is 0 Å². The molecule has 1 fully saturated rings. The van der Waals surface area contributed by atoms with Crippen molar-refractivity contribution in [3.63, 3.8) is 0 Å². The summed E-state index contributed by atoms with van der Waals surface area (Å²) in [5, 5.41) is 1.03. The maximum absolute atomic E-state index is 11.8. The molecule has 0 spiro atoms. The highest BCUT2D eigenvalue weighted by molar-refractivity contribution is 5.79. The number of carbonyl (C=O) groups is 1. The number of fused-ring (bicyclic) bond motifs is 1. The van der Waals surface area contributed by atoms with Gasteiger partial charge in [0.15, 0.2) is 0 Å². The maximum Gasteiger partial charge on any atom is 0.410 e. The SMILES string of the molecule is C=CCOC(=O)N1CCN(Cc2cc3cncc(C)c3o2)CC1. The predicted molar refractivity (Wildman–Crippen MR) is 87.1 cm³/mol. The molecule has 0 radical (unpaired) electrons. The first-order valence-electron chi connectivity index (χ1n) is 7.75. The Kier molecular flexibility index (Phi) is 4.62. The fraction of sp³-hybridized carbons (Fsp3) is 0.412. The van der Waals surface area contributed by atoms with E-state index in [4.69, 9.17) is 9.15 Å². The summed E-state index contributed by atoms with van der Waals surface area (Å²) in [5.74, 6) is 0.929. The van der Waals surface area contributed by atoms with Crippen LogP contribution < -0.4 is 0 Å². The maximum atomic E-state index is 11.8. The minimum atomic E-state index is -0.269. The number of aromatic nitrogens is 1. The minimum Gasteiger partial charge on any atom is -0.459 e. The highest BCUT2D eigenvalue weighted by Gasteiger charge is 2.22. The van der Waals surface area contributed by atoms with Gasteiger partial charge >= 0.3 is 6.09 Å². The fourth-order valence-corrected chi connectivity index (χ4v) is 2.76. The zero-order valence-electron chi connectivity index (χ0n) is 13.3. The lowest BCUT2D eigenvalue weighted by molar-refractivity contribution is 0.0796. The van der Waals surface area contributed by atoms with Gasteiger partial charge in [0, 0.05) is 49.5 Å². The quantitative estimate of drug-likeness (QED) is 0.812. The topological polar surface area (TPSA) is 58.8 Å². The Morgan fingerprint density at radius 1 is 1.39 bits per heavy atom. The summed E-state index contributed by atoms with van der Waals surface area (Å²) in [6.07, 6.45) is 4.94. The zero-order chi connectivity index (χ0) is 16.2. The molecule has 0 saturated carbocycles. The molecule has 0 aromatic carbocycles. The van der Waals surface area contributed by atoms with Crippen molar-refractivity contribution in [3.8, 4) is 0 Å². The first-order chi connectivity index (χ1) is 11.2. The summed E-state index contributed by atoms with van der Waals surface area (Å²) in [5.41, 5.74) is 1.95. The summed E-state index contributed by atoms with van der Waals surface area (Å²) >= 11 is 0. The number of furan rings is 1. The summed E-state index contributed by atoms with van der Waals surface area (Å²) in [4.78, 5) is 20.0. The van der Waals surface area contributed by atoms with Crippen molar-refractivity contribution in [1.29, 1.82) is 0 Å². The molecule has 122 valence electrons. The molecule has 3 heterocycles. The molecule has 23 heavy (non-hydrogen) atoms. The number of hydrogen-bond acceptors (Lipinski definition) is 5. The largest absolute Gasteiger partial charge is 0.459 e. The first-order valence-corrected chi connectivity index (χ1v) is 7.75. The molecule has 2 aromatic rings. The second-order valence-electron chi connectivity index (χ2n) is 5.72. The molecule has 0 bridgehead atoms. The number of ether oxygens (including phenoxy) is 1. The second kappa shape index (κ2) is 6.83. The molecule has 0 aliphatic carbocycles. The summed E-state index contributed by atoms with van der Waals surface area (Å²) in [7, 11) is 0. The van der Waals surface area contributed by atoms with Crippen molar-refractivity contribution >= 4 is 17.1 Å². The fourth-order valence-electron chi connectivity index (χ4n) is 2.76. The van der Waals surface area contributed by atoms with Gasteiger partial charge in [-0.25, -0.2) is 4.79 Å². The Labute approximate surface area is 135 Å². The molecule has 0 atom stereocenters. The van der Waals surface area contributed by atoms with Crippen LogP contribution in [0.2, 0.25) is 0 Å². The van der Waals surface area contributed by atoms with E-state index in [9.17, 15) is 4.79 Å². The molecule has 1 aliphatic heterocycles. The van der Waals surface area contributed by atoms with Gasteiger partial charge in [-0.1, -0.05) is 12.7 Å². The van der Waals surface area contributed by atoms with Crippen molar-refractivity contribution in [2.45, 2.75) is 13.5 Å². The van der Waals surface area contributed by atoms with Crippen molar-refractivity contribution in [1.82, 2.24) is 14.8 Å². The number of amides is 1. The lowest BCUT2D eigenvalue weighted by Gasteiger charge is -2.33. The molecule has 1 aliphatic rings. The van der Waals surface area contributed by atoms with Gasteiger partial charge in [-0.15, -0.1) is 0 Å². The van der Waals surface area contributed by atoms with Crippen LogP contribution in [0.1, 0.15) is 11.3 Å². The van der Waals surface area contributed by atoms with Crippen LogP contribution in [-0.4, -0.2) is 53.7 Å². The lowest BCUT2D eigenvalue weighted by Crippen LogP contribution is -2.48. The number of aryl methyl sites for hydroxylation is 1. The molecule has 1 amide bonds. The standard InChI is InChI=1S/C17H21N3O3/c1-3-8-22-17(21)20-6-4-19(5-7-20)12-15-9-14-11-18-10-13(2)16(14)23-15/h3,9-11H,1,4-8,12H2,2H3. The third-order valence-electron chi connectivity index (χ3n) is 3.99. The van der Waals surface area contributed by atoms with Gasteiger partial charge in [-0.05, 0) is 13.0 Å². The zero-order valence-corrected chi connectivity index (χ0v) is 13.3. The van der Waals surface area contributed by atoms with Gasteiger partial charge in [-0.3, -0.25) is 9.88 Å². The lowest BCUT2D eigenvalue weighted by atomic mass is 10.2. The van der Waals surface area contributed by atoms with Crippen LogP contribution in [0.5, 0.6) is 0 Å². The average molecular weight is 315 g/mol. The number of pyridine rings is 1. The van der Waals surface area contributed by atoms with E-state index in [0.717, 1.165) is 41.9 Å². The normalized spacial score (nSPS) is 15.8. The van der Waals surface area contributed by atoms with Crippen molar-refractivity contribution < 1.29 is 13.9 Å². The number of nitrogens with zero attached hydrogens (tertiary/aromatic N) is 3. The van der Waals surface area contributed by atoms with Crippen LogP contribution in [0.3, 0.4) is 0 Å². The van der Waals surface area contributed by atoms with Crippen molar-refractivity contribution in [3.05, 3.63) is 42.4 Å². The molecular weight excluding hydrogens is 294 g/mol. The summed E-state index contributed by atoms with van der Waals surface area (Å²) in [6, 6.07) is 2.04. The summed E-state index contributed by atoms with van der Waals surface area (Å²) in [6.45, 7) is 9.47. The molecule has 6 heteroatoms. The van der Waals surface area contributed by atoms with Gasteiger partial charge in [0.1, 0.15) is 18.0 Å². The van der Waals surface area contributed by atoms with Gasteiger partial charge in [0.2, 0.25) is 0 Å². The molecular formula is C17H21N3O3. The van der Waals surface area contributed by atoms with E-state index in [-0.39, 0.29) is 12.7 Å². The van der Waals surface area contributed by atoms with Crippen LogP contribution in [0.15, 0.2) is 35.5 Å². The highest BCUT2D eigenvalue weighted by Crippen LogP contribution is 2.22. The van der Waals surface area contributed by atoms with Gasteiger partial charge in [0.25, 0.3) is 0 Å². The Bertz CT molecular complexity index is 702. The highest BCUT2D eigenvalue weighted by atomic mass is 16.6. The molecule has 3 rings (SSSR count). The smallest absolute Gasteiger partial charge is 0.410 e. The van der Waals surface area contributed by atoms with Crippen LogP contribution in [0, 0.1) is 6.92 Å². The van der Waals surface area contributed by atoms with Crippen molar-refractivity contribution in [2.75, 3.05) is 32.8 Å². The van der Waals surface area contributed by atoms with E-state index in [1.165, 1.54) is 0 Å². The molecule has 0 N–H and O–H groups in total. The monoisotopic (exact) mass is 315 g/mol. The Balaban J connectivity index is 1.56. The Morgan fingerprint density at radius 2 is 2.17 bits per heavy atom. The van der Waals surface area contributed by atoms with E-state index in [0.29, 0.717) is 13.1 Å². The Morgan fingerprint density at radius 3 is 2.87 bits per heavy atom. The van der Waals surface area contributed by atoms with E-state index in [1.54, 1.807) is 11.0 Å². The number of rotatable bonds is 4. The predicted octanol–water partition coefficient (Wildman–Crippen LogP) is 2.58. The van der Waals surface area contributed by atoms with Crippen LogP contribution in [-0.2, 0) is 11.3 Å². The summed E-state index contributed by atoms with van der Waals surface area (Å²) < 4.78 is 11.0. The molecule has 2 aromatic heterocycles. The molecule has 6 nitrogen and oxygen atoms in total.